The highest BCUT2D eigenvalue weighted by molar-refractivity contribution is 7.09. The average molecular weight is 343 g/mol. The van der Waals surface area contributed by atoms with Gasteiger partial charge in [0.1, 0.15) is 12.6 Å². The highest BCUT2D eigenvalue weighted by atomic mass is 32.1. The van der Waals surface area contributed by atoms with E-state index < -0.39 is 12.1 Å². The molecule has 3 rings (SSSR count). The van der Waals surface area contributed by atoms with Gasteiger partial charge in [-0.25, -0.2) is 4.79 Å². The van der Waals surface area contributed by atoms with Crippen molar-refractivity contribution in [3.63, 3.8) is 0 Å². The van der Waals surface area contributed by atoms with Crippen molar-refractivity contribution in [2.75, 3.05) is 6.54 Å². The minimum Gasteiger partial charge on any atom is -0.350 e. The zero-order chi connectivity index (χ0) is 16.9. The van der Waals surface area contributed by atoms with Gasteiger partial charge in [-0.1, -0.05) is 36.4 Å². The van der Waals surface area contributed by atoms with Gasteiger partial charge in [-0.05, 0) is 17.0 Å². The Bertz CT molecular complexity index is 731. The monoisotopic (exact) mass is 343 g/mol. The smallest absolute Gasteiger partial charge is 0.325 e. The van der Waals surface area contributed by atoms with Crippen molar-refractivity contribution >= 4 is 29.2 Å². The highest BCUT2D eigenvalue weighted by Gasteiger charge is 2.38. The lowest BCUT2D eigenvalue weighted by molar-refractivity contribution is -0.132. The molecular formula is C17H17N3O3S. The van der Waals surface area contributed by atoms with Crippen LogP contribution in [0.5, 0.6) is 0 Å². The molecule has 1 aromatic heterocycles. The highest BCUT2D eigenvalue weighted by Crippen LogP contribution is 2.12. The van der Waals surface area contributed by atoms with Crippen LogP contribution >= 0.6 is 11.3 Å². The third kappa shape index (κ3) is 3.80. The standard InChI is InChI=1S/C17H17N3O3S/c21-15(18-10-13-7-4-8-24-13)11-20-16(22)14(19-17(20)23)9-12-5-2-1-3-6-12/h1-8,14H,9-11H2,(H,18,21)(H,19,23)/t14-/m1/s1. The number of carbonyl (C=O) groups excluding carboxylic acids is 3. The molecule has 1 saturated heterocycles. The van der Waals surface area contributed by atoms with E-state index in [1.807, 2.05) is 47.8 Å². The van der Waals surface area contributed by atoms with Crippen LogP contribution < -0.4 is 10.6 Å². The molecule has 1 aliphatic rings. The molecule has 1 aromatic carbocycles. The topological polar surface area (TPSA) is 78.5 Å². The van der Waals surface area contributed by atoms with Crippen molar-refractivity contribution in [1.29, 1.82) is 0 Å². The quantitative estimate of drug-likeness (QED) is 0.781. The van der Waals surface area contributed by atoms with Crippen LogP contribution in [-0.2, 0) is 22.6 Å². The van der Waals surface area contributed by atoms with E-state index in [-0.39, 0.29) is 18.4 Å². The number of carbonyl (C=O) groups is 3. The van der Waals surface area contributed by atoms with Crippen LogP contribution in [0, 0.1) is 0 Å². The molecule has 2 N–H and O–H groups in total. The Labute approximate surface area is 143 Å². The Morgan fingerprint density at radius 2 is 1.96 bits per heavy atom. The molecule has 6 nitrogen and oxygen atoms in total. The molecule has 0 bridgehead atoms. The molecule has 0 aliphatic carbocycles. The molecule has 1 fully saturated rings. The van der Waals surface area contributed by atoms with E-state index in [1.165, 1.54) is 11.3 Å². The summed E-state index contributed by atoms with van der Waals surface area (Å²) in [6.07, 6.45) is 0.415. The molecule has 0 unspecified atom stereocenters. The average Bonchev–Trinajstić information content (AvgIpc) is 3.18. The van der Waals surface area contributed by atoms with Crippen LogP contribution in [0.2, 0.25) is 0 Å². The normalized spacial score (nSPS) is 17.0. The molecule has 0 radical (unpaired) electrons. The summed E-state index contributed by atoms with van der Waals surface area (Å²) in [6, 6.07) is 12.1. The second kappa shape index (κ2) is 7.27. The minimum absolute atomic E-state index is 0.263. The molecular weight excluding hydrogens is 326 g/mol. The van der Waals surface area contributed by atoms with Crippen LogP contribution in [0.1, 0.15) is 10.4 Å². The fraction of sp³-hybridized carbons (Fsp3) is 0.235. The zero-order valence-electron chi connectivity index (χ0n) is 12.9. The third-order valence-electron chi connectivity index (χ3n) is 3.73. The van der Waals surface area contributed by atoms with Gasteiger partial charge in [-0.2, -0.15) is 0 Å². The van der Waals surface area contributed by atoms with Crippen LogP contribution in [0.4, 0.5) is 4.79 Å². The van der Waals surface area contributed by atoms with Gasteiger partial charge in [0.2, 0.25) is 5.91 Å². The van der Waals surface area contributed by atoms with Crippen LogP contribution in [0.25, 0.3) is 0 Å². The summed E-state index contributed by atoms with van der Waals surface area (Å²) >= 11 is 1.54. The maximum Gasteiger partial charge on any atom is 0.325 e. The molecule has 2 heterocycles. The largest absolute Gasteiger partial charge is 0.350 e. The number of rotatable bonds is 6. The molecule has 2 aromatic rings. The minimum atomic E-state index is -0.620. The molecule has 1 aliphatic heterocycles. The van der Waals surface area contributed by atoms with Gasteiger partial charge in [0.25, 0.3) is 5.91 Å². The van der Waals surface area contributed by atoms with Gasteiger partial charge >= 0.3 is 6.03 Å². The van der Waals surface area contributed by atoms with E-state index in [9.17, 15) is 14.4 Å². The number of nitrogens with zero attached hydrogens (tertiary/aromatic N) is 1. The van der Waals surface area contributed by atoms with Gasteiger partial charge in [0, 0.05) is 11.3 Å². The summed E-state index contributed by atoms with van der Waals surface area (Å²) in [6.45, 7) is 0.134. The summed E-state index contributed by atoms with van der Waals surface area (Å²) in [7, 11) is 0. The Morgan fingerprint density at radius 3 is 2.67 bits per heavy atom. The fourth-order valence-corrected chi connectivity index (χ4v) is 3.16. The van der Waals surface area contributed by atoms with Crippen molar-refractivity contribution in [3.05, 3.63) is 58.3 Å². The fourth-order valence-electron chi connectivity index (χ4n) is 2.51. The predicted molar refractivity (Wildman–Crippen MR) is 90.3 cm³/mol. The number of amides is 4. The summed E-state index contributed by atoms with van der Waals surface area (Å²) in [5, 5.41) is 7.28. The number of urea groups is 1. The number of benzene rings is 1. The first kappa shape index (κ1) is 16.2. The number of hydrogen-bond donors (Lipinski definition) is 2. The van der Waals surface area contributed by atoms with E-state index in [4.69, 9.17) is 0 Å². The second-order valence-electron chi connectivity index (χ2n) is 5.47. The lowest BCUT2D eigenvalue weighted by Gasteiger charge is -2.12. The lowest BCUT2D eigenvalue weighted by atomic mass is 10.1. The van der Waals surface area contributed by atoms with Crippen molar-refractivity contribution < 1.29 is 14.4 Å². The molecule has 124 valence electrons. The third-order valence-corrected chi connectivity index (χ3v) is 4.61. The zero-order valence-corrected chi connectivity index (χ0v) is 13.7. The van der Waals surface area contributed by atoms with Crippen LogP contribution in [0.3, 0.4) is 0 Å². The Morgan fingerprint density at radius 1 is 1.17 bits per heavy atom. The Kier molecular flexibility index (Phi) is 4.90. The summed E-state index contributed by atoms with van der Waals surface area (Å²) in [5.41, 5.74) is 0.958. The molecule has 4 amide bonds. The maximum absolute atomic E-state index is 12.4. The van der Waals surface area contributed by atoms with Gasteiger partial charge in [-0.15, -0.1) is 11.3 Å². The Balaban J connectivity index is 1.55. The molecule has 0 saturated carbocycles. The van der Waals surface area contributed by atoms with E-state index in [1.54, 1.807) is 0 Å². The number of thiophene rings is 1. The number of hydrogen-bond acceptors (Lipinski definition) is 4. The number of imide groups is 1. The first-order chi connectivity index (χ1) is 11.6. The van der Waals surface area contributed by atoms with E-state index in [0.29, 0.717) is 13.0 Å². The van der Waals surface area contributed by atoms with Crippen LogP contribution in [0.15, 0.2) is 47.8 Å². The molecule has 24 heavy (non-hydrogen) atoms. The van der Waals surface area contributed by atoms with E-state index in [0.717, 1.165) is 15.3 Å². The van der Waals surface area contributed by atoms with E-state index in [2.05, 4.69) is 10.6 Å². The van der Waals surface area contributed by atoms with Crippen LogP contribution in [-0.4, -0.2) is 35.3 Å². The summed E-state index contributed by atoms with van der Waals surface area (Å²) < 4.78 is 0. The van der Waals surface area contributed by atoms with Crippen molar-refractivity contribution in [2.24, 2.45) is 0 Å². The van der Waals surface area contributed by atoms with Crippen molar-refractivity contribution in [3.8, 4) is 0 Å². The maximum atomic E-state index is 12.4. The molecule has 0 spiro atoms. The van der Waals surface area contributed by atoms with Crippen molar-refractivity contribution in [1.82, 2.24) is 15.5 Å². The molecule has 7 heteroatoms. The summed E-state index contributed by atoms with van der Waals surface area (Å²) in [5.74, 6) is -0.720. The van der Waals surface area contributed by atoms with Gasteiger partial charge < -0.3 is 10.6 Å². The van der Waals surface area contributed by atoms with Gasteiger partial charge in [0.15, 0.2) is 0 Å². The van der Waals surface area contributed by atoms with Gasteiger partial charge in [-0.3, -0.25) is 14.5 Å². The molecule has 1 atom stereocenters. The predicted octanol–water partition coefficient (Wildman–Crippen LogP) is 1.53. The Hall–Kier alpha value is -2.67. The SMILES string of the molecule is O=C(CN1C(=O)N[C@H](Cc2ccccc2)C1=O)NCc1cccs1. The van der Waals surface area contributed by atoms with E-state index >= 15 is 0 Å². The summed E-state index contributed by atoms with van der Waals surface area (Å²) in [4.78, 5) is 38.3. The lowest BCUT2D eigenvalue weighted by Crippen LogP contribution is -2.41. The van der Waals surface area contributed by atoms with Gasteiger partial charge in [0.05, 0.1) is 6.54 Å². The second-order valence-corrected chi connectivity index (χ2v) is 6.50. The first-order valence-electron chi connectivity index (χ1n) is 7.58. The number of nitrogens with one attached hydrogen (secondary N) is 2. The first-order valence-corrected chi connectivity index (χ1v) is 8.46. The van der Waals surface area contributed by atoms with Crippen molar-refractivity contribution in [2.45, 2.75) is 19.0 Å².